The number of esters is 2. The molecule has 4 aliphatic carbocycles. The first-order valence-corrected chi connectivity index (χ1v) is 18.1. The highest BCUT2D eigenvalue weighted by molar-refractivity contribution is 5.69. The second-order valence-corrected chi connectivity index (χ2v) is 15.7. The Balaban J connectivity index is 1.21. The Kier molecular flexibility index (Phi) is 12.1. The van der Waals surface area contributed by atoms with Gasteiger partial charge in [0.05, 0.1) is 6.61 Å². The molecule has 0 heterocycles. The van der Waals surface area contributed by atoms with E-state index in [0.717, 1.165) is 38.5 Å². The van der Waals surface area contributed by atoms with Gasteiger partial charge in [-0.1, -0.05) is 116 Å². The Hall–Kier alpha value is -1.32. The Morgan fingerprint density at radius 2 is 1.48 bits per heavy atom. The fourth-order valence-electron chi connectivity index (χ4n) is 10.5. The van der Waals surface area contributed by atoms with Crippen LogP contribution in [0.2, 0.25) is 0 Å². The maximum absolute atomic E-state index is 12.8. The lowest BCUT2D eigenvalue weighted by molar-refractivity contribution is -0.220. The van der Waals surface area contributed by atoms with Gasteiger partial charge in [0.2, 0.25) is 0 Å². The van der Waals surface area contributed by atoms with E-state index in [9.17, 15) is 9.59 Å². The number of allylic oxidation sites excluding steroid dienone is 1. The van der Waals surface area contributed by atoms with E-state index in [1.165, 1.54) is 102 Å². The van der Waals surface area contributed by atoms with Crippen LogP contribution in [0.4, 0.5) is 0 Å². The molecule has 0 aromatic carbocycles. The first kappa shape index (κ1) is 33.6. The molecule has 42 heavy (non-hydrogen) atoms. The Morgan fingerprint density at radius 3 is 2.10 bits per heavy atom. The van der Waals surface area contributed by atoms with E-state index in [4.69, 9.17) is 9.47 Å². The van der Waals surface area contributed by atoms with Crippen molar-refractivity contribution in [2.24, 2.45) is 34.0 Å². The summed E-state index contributed by atoms with van der Waals surface area (Å²) in [5.41, 5.74) is 1.57. The van der Waals surface area contributed by atoms with Crippen LogP contribution in [0, 0.1) is 34.0 Å². The van der Waals surface area contributed by atoms with Gasteiger partial charge in [0.25, 0.3) is 0 Å². The maximum atomic E-state index is 12.8. The lowest BCUT2D eigenvalue weighted by Gasteiger charge is -2.65. The van der Waals surface area contributed by atoms with Crippen molar-refractivity contribution in [1.82, 2.24) is 0 Å². The number of hydrogen-bond acceptors (Lipinski definition) is 4. The predicted octanol–water partition coefficient (Wildman–Crippen LogP) is 10.5. The zero-order chi connectivity index (χ0) is 30.2. The van der Waals surface area contributed by atoms with E-state index >= 15 is 0 Å². The van der Waals surface area contributed by atoms with Gasteiger partial charge < -0.3 is 9.47 Å². The summed E-state index contributed by atoms with van der Waals surface area (Å²) in [4.78, 5) is 25.2. The maximum Gasteiger partial charge on any atom is 0.305 e. The smallest absolute Gasteiger partial charge is 0.305 e. The van der Waals surface area contributed by atoms with E-state index in [1.54, 1.807) is 6.92 Å². The topological polar surface area (TPSA) is 52.6 Å². The standard InChI is InChI=1S/C38H64O4/c1-6-7-8-9-10-11-12-13-14-15-16-17-18-20-35(40)41-28-36(4)23-19-24-37(5)32-22-21-31-27-38(32,26-29(31)2)34(25-33(36)37)42-30(3)39/h31-34H,2,6-28H2,1,3-5H3/t31-,32+,33-,34+,36-,37+,38+/m1/s1. The van der Waals surface area contributed by atoms with Crippen LogP contribution in [0.25, 0.3) is 0 Å². The molecule has 4 saturated carbocycles. The molecule has 4 aliphatic rings. The van der Waals surface area contributed by atoms with Crippen molar-refractivity contribution >= 4 is 11.9 Å². The molecule has 0 amide bonds. The molecule has 4 rings (SSSR count). The minimum Gasteiger partial charge on any atom is -0.465 e. The minimum atomic E-state index is -0.155. The van der Waals surface area contributed by atoms with Crippen LogP contribution < -0.4 is 0 Å². The van der Waals surface area contributed by atoms with Crippen LogP contribution in [0.5, 0.6) is 0 Å². The quantitative estimate of drug-likeness (QED) is 0.0969. The minimum absolute atomic E-state index is 0.0250. The highest BCUT2D eigenvalue weighted by atomic mass is 16.5. The van der Waals surface area contributed by atoms with Gasteiger partial charge in [-0.25, -0.2) is 0 Å². The Labute approximate surface area is 258 Å². The molecule has 0 saturated heterocycles. The van der Waals surface area contributed by atoms with Crippen molar-refractivity contribution in [3.63, 3.8) is 0 Å². The van der Waals surface area contributed by atoms with Crippen molar-refractivity contribution in [2.45, 2.75) is 175 Å². The summed E-state index contributed by atoms with van der Waals surface area (Å²) in [6.07, 6.45) is 26.5. The summed E-state index contributed by atoms with van der Waals surface area (Å²) >= 11 is 0. The van der Waals surface area contributed by atoms with Gasteiger partial charge in [-0.2, -0.15) is 0 Å². The molecule has 0 unspecified atom stereocenters. The fourth-order valence-corrected chi connectivity index (χ4v) is 10.5. The van der Waals surface area contributed by atoms with E-state index in [0.29, 0.717) is 30.8 Å². The zero-order valence-corrected chi connectivity index (χ0v) is 27.9. The van der Waals surface area contributed by atoms with E-state index in [1.807, 2.05) is 0 Å². The van der Waals surface area contributed by atoms with Gasteiger partial charge in [0.1, 0.15) is 6.10 Å². The first-order valence-electron chi connectivity index (χ1n) is 18.1. The van der Waals surface area contributed by atoms with Crippen LogP contribution >= 0.6 is 0 Å². The summed E-state index contributed by atoms with van der Waals surface area (Å²) in [5.74, 6) is 1.36. The van der Waals surface area contributed by atoms with Gasteiger partial charge in [0, 0.05) is 24.2 Å². The molecule has 4 heteroatoms. The molecule has 0 aromatic heterocycles. The number of fused-ring (bicyclic) bond motifs is 3. The Morgan fingerprint density at radius 1 is 0.857 bits per heavy atom. The largest absolute Gasteiger partial charge is 0.465 e. The van der Waals surface area contributed by atoms with Crippen molar-refractivity contribution in [1.29, 1.82) is 0 Å². The molecule has 2 bridgehead atoms. The molecular formula is C38H64O4. The molecule has 4 fully saturated rings. The average molecular weight is 585 g/mol. The molecule has 0 aliphatic heterocycles. The number of carbonyl (C=O) groups is 2. The highest BCUT2D eigenvalue weighted by Gasteiger charge is 2.68. The molecule has 0 N–H and O–H groups in total. The van der Waals surface area contributed by atoms with Crippen LogP contribution in [-0.2, 0) is 19.1 Å². The first-order chi connectivity index (χ1) is 20.1. The highest BCUT2D eigenvalue weighted by Crippen LogP contribution is 2.72. The van der Waals surface area contributed by atoms with Crippen LogP contribution in [0.15, 0.2) is 12.2 Å². The predicted molar refractivity (Wildman–Crippen MR) is 172 cm³/mol. The Bertz CT molecular complexity index is 911. The summed E-state index contributed by atoms with van der Waals surface area (Å²) in [7, 11) is 0. The molecule has 0 aromatic rings. The zero-order valence-electron chi connectivity index (χ0n) is 27.9. The third-order valence-corrected chi connectivity index (χ3v) is 12.6. The molecule has 4 nitrogen and oxygen atoms in total. The summed E-state index contributed by atoms with van der Waals surface area (Å²) in [5, 5.41) is 0. The van der Waals surface area contributed by atoms with Crippen LogP contribution in [-0.4, -0.2) is 24.6 Å². The number of carbonyl (C=O) groups excluding carboxylic acids is 2. The van der Waals surface area contributed by atoms with Gasteiger partial charge in [-0.05, 0) is 74.5 Å². The van der Waals surface area contributed by atoms with Crippen LogP contribution in [0.3, 0.4) is 0 Å². The molecule has 7 atom stereocenters. The lowest BCUT2D eigenvalue weighted by Crippen LogP contribution is -2.62. The lowest BCUT2D eigenvalue weighted by atomic mass is 9.40. The van der Waals surface area contributed by atoms with Crippen LogP contribution in [0.1, 0.15) is 169 Å². The monoisotopic (exact) mass is 584 g/mol. The fraction of sp³-hybridized carbons (Fsp3) is 0.895. The molecule has 1 spiro atoms. The van der Waals surface area contributed by atoms with E-state index < -0.39 is 0 Å². The second-order valence-electron chi connectivity index (χ2n) is 15.7. The molecule has 240 valence electrons. The number of unbranched alkanes of at least 4 members (excludes halogenated alkanes) is 12. The van der Waals surface area contributed by atoms with Crippen molar-refractivity contribution in [3.8, 4) is 0 Å². The van der Waals surface area contributed by atoms with Crippen molar-refractivity contribution in [3.05, 3.63) is 12.2 Å². The average Bonchev–Trinajstić information content (AvgIpc) is 3.19. The van der Waals surface area contributed by atoms with Gasteiger partial charge in [-0.3, -0.25) is 9.59 Å². The number of ether oxygens (including phenoxy) is 2. The second kappa shape index (κ2) is 15.1. The van der Waals surface area contributed by atoms with E-state index in [2.05, 4.69) is 27.4 Å². The summed E-state index contributed by atoms with van der Waals surface area (Å²) < 4.78 is 12.2. The third kappa shape index (κ3) is 7.66. The van der Waals surface area contributed by atoms with Crippen molar-refractivity contribution < 1.29 is 19.1 Å². The van der Waals surface area contributed by atoms with Crippen molar-refractivity contribution in [2.75, 3.05) is 6.61 Å². The SMILES string of the molecule is C=C1C[C@]23C[C@H]1CC[C@H]2[C@]1(C)CCC[C@](C)(COC(=O)CCCCCCCCCCCCCCC)[C@H]1C[C@@H]3OC(C)=O. The number of hydrogen-bond donors (Lipinski definition) is 0. The molecular weight excluding hydrogens is 520 g/mol. The van der Waals surface area contributed by atoms with Gasteiger partial charge >= 0.3 is 11.9 Å². The van der Waals surface area contributed by atoms with Gasteiger partial charge in [-0.15, -0.1) is 0 Å². The summed E-state index contributed by atoms with van der Waals surface area (Å²) in [6, 6.07) is 0. The number of rotatable bonds is 17. The van der Waals surface area contributed by atoms with E-state index in [-0.39, 0.29) is 34.3 Å². The third-order valence-electron chi connectivity index (χ3n) is 12.6. The normalized spacial score (nSPS) is 35.4. The van der Waals surface area contributed by atoms with Gasteiger partial charge in [0.15, 0.2) is 0 Å². The molecule has 0 radical (unpaired) electrons. The summed E-state index contributed by atoms with van der Waals surface area (Å²) in [6.45, 7) is 13.7.